The largest absolute Gasteiger partial charge is 0.493 e. The van der Waals surface area contributed by atoms with Gasteiger partial charge in [0, 0.05) is 24.7 Å². The summed E-state index contributed by atoms with van der Waals surface area (Å²) in [7, 11) is 5.16. The number of Topliss-reactive ketones (excluding diaryl/α,β-unsaturated/α-hetero) is 1. The molecule has 0 aliphatic carbocycles. The Labute approximate surface area is 173 Å². The highest BCUT2D eigenvalue weighted by atomic mass is 16.5. The van der Waals surface area contributed by atoms with Crippen molar-refractivity contribution in [2.75, 3.05) is 20.8 Å². The Morgan fingerprint density at radius 2 is 1.86 bits per heavy atom. The molecule has 160 valence electrons. The minimum Gasteiger partial charge on any atom is -0.493 e. The van der Waals surface area contributed by atoms with Gasteiger partial charge >= 0.3 is 0 Å². The van der Waals surface area contributed by atoms with E-state index in [1.54, 1.807) is 14.2 Å². The van der Waals surface area contributed by atoms with Gasteiger partial charge < -0.3 is 24.9 Å². The Bertz CT molecular complexity index is 840. The van der Waals surface area contributed by atoms with Gasteiger partial charge in [-0.2, -0.15) is 0 Å². The van der Waals surface area contributed by atoms with Crippen molar-refractivity contribution >= 4 is 5.78 Å². The number of carbonyl (C=O) groups is 1. The third-order valence-corrected chi connectivity index (χ3v) is 5.47. The topological polar surface area (TPSA) is 86.7 Å². The van der Waals surface area contributed by atoms with Gasteiger partial charge in [0.05, 0.1) is 26.5 Å². The van der Waals surface area contributed by atoms with Crippen LogP contribution >= 0.6 is 0 Å². The average molecular weight is 403 g/mol. The SMILES string of the molecule is COc1ccc(CCCC(=O)c2cc(C)c(CC[C@@](C)(N)CO)n2C)cc1OC. The van der Waals surface area contributed by atoms with E-state index in [0.29, 0.717) is 24.3 Å². The molecule has 0 aliphatic heterocycles. The number of methoxy groups -OCH3 is 2. The molecule has 1 heterocycles. The van der Waals surface area contributed by atoms with Gasteiger partial charge in [-0.25, -0.2) is 0 Å². The molecule has 2 aromatic rings. The lowest BCUT2D eigenvalue weighted by Gasteiger charge is -2.22. The molecule has 0 saturated heterocycles. The van der Waals surface area contributed by atoms with E-state index >= 15 is 0 Å². The zero-order valence-electron chi connectivity index (χ0n) is 18.2. The molecule has 29 heavy (non-hydrogen) atoms. The average Bonchev–Trinajstić information content (AvgIpc) is 2.99. The standard InChI is InChI=1S/C23H34N2O4/c1-16-13-19(25(3)18(16)11-12-23(2,24)15-26)20(27)8-6-7-17-9-10-21(28-4)22(14-17)29-5/h9-10,13-14,26H,6-8,11-12,15,24H2,1-5H3/t23-/m1/s1. The van der Waals surface area contributed by atoms with E-state index in [0.717, 1.165) is 41.8 Å². The summed E-state index contributed by atoms with van der Waals surface area (Å²) in [6, 6.07) is 7.81. The Hall–Kier alpha value is -2.31. The van der Waals surface area contributed by atoms with Crippen LogP contribution in [0.4, 0.5) is 0 Å². The predicted octanol–water partition coefficient (Wildman–Crippen LogP) is 3.20. The number of aliphatic hydroxyl groups excluding tert-OH is 1. The molecule has 0 fully saturated rings. The lowest BCUT2D eigenvalue weighted by Crippen LogP contribution is -2.40. The molecule has 0 saturated carbocycles. The number of ketones is 1. The van der Waals surface area contributed by atoms with Crippen molar-refractivity contribution in [1.82, 2.24) is 4.57 Å². The fourth-order valence-corrected chi connectivity index (χ4v) is 3.53. The van der Waals surface area contributed by atoms with Crippen molar-refractivity contribution in [2.45, 2.75) is 51.5 Å². The van der Waals surface area contributed by atoms with Crippen LogP contribution in [0.5, 0.6) is 11.5 Å². The molecule has 2 rings (SSSR count). The first-order chi connectivity index (χ1) is 13.7. The quantitative estimate of drug-likeness (QED) is 0.564. The highest BCUT2D eigenvalue weighted by molar-refractivity contribution is 5.95. The third-order valence-electron chi connectivity index (χ3n) is 5.47. The first kappa shape index (κ1) is 23.0. The van der Waals surface area contributed by atoms with Crippen molar-refractivity contribution in [3.63, 3.8) is 0 Å². The predicted molar refractivity (Wildman–Crippen MR) is 115 cm³/mol. The number of hydrogen-bond donors (Lipinski definition) is 2. The van der Waals surface area contributed by atoms with Gasteiger partial charge in [-0.3, -0.25) is 4.79 Å². The summed E-state index contributed by atoms with van der Waals surface area (Å²) in [4.78, 5) is 12.8. The van der Waals surface area contributed by atoms with Crippen LogP contribution in [0.15, 0.2) is 24.3 Å². The summed E-state index contributed by atoms with van der Waals surface area (Å²) in [5.74, 6) is 1.54. The minimum absolute atomic E-state index is 0.0571. The molecule has 6 heteroatoms. The van der Waals surface area contributed by atoms with Crippen molar-refractivity contribution in [1.29, 1.82) is 0 Å². The van der Waals surface area contributed by atoms with Crippen molar-refractivity contribution in [3.8, 4) is 11.5 Å². The number of aliphatic hydroxyl groups is 1. The second-order valence-electron chi connectivity index (χ2n) is 8.00. The van der Waals surface area contributed by atoms with Gasteiger partial charge in [0.15, 0.2) is 17.3 Å². The minimum atomic E-state index is -0.611. The fourth-order valence-electron chi connectivity index (χ4n) is 3.53. The Kier molecular flexibility index (Phi) is 7.88. The summed E-state index contributed by atoms with van der Waals surface area (Å²) in [6.07, 6.45) is 3.43. The van der Waals surface area contributed by atoms with Gasteiger partial charge in [0.25, 0.3) is 0 Å². The number of ether oxygens (including phenoxy) is 2. The molecule has 0 aliphatic rings. The number of aromatic nitrogens is 1. The second-order valence-corrected chi connectivity index (χ2v) is 8.00. The van der Waals surface area contributed by atoms with Crippen LogP contribution in [0.2, 0.25) is 0 Å². The van der Waals surface area contributed by atoms with E-state index < -0.39 is 5.54 Å². The van der Waals surface area contributed by atoms with Crippen LogP contribution in [0.1, 0.15) is 53.5 Å². The van der Waals surface area contributed by atoms with Gasteiger partial charge in [-0.15, -0.1) is 0 Å². The summed E-state index contributed by atoms with van der Waals surface area (Å²) in [6.45, 7) is 3.80. The van der Waals surface area contributed by atoms with Crippen molar-refractivity contribution < 1.29 is 19.4 Å². The van der Waals surface area contributed by atoms with E-state index in [4.69, 9.17) is 15.2 Å². The molecule has 1 aromatic heterocycles. The summed E-state index contributed by atoms with van der Waals surface area (Å²) in [5, 5.41) is 9.36. The van der Waals surface area contributed by atoms with E-state index in [1.807, 2.05) is 49.7 Å². The molecule has 0 bridgehead atoms. The fraction of sp³-hybridized carbons (Fsp3) is 0.522. The second kappa shape index (κ2) is 9.94. The molecule has 1 atom stereocenters. The number of aryl methyl sites for hydroxylation is 2. The van der Waals surface area contributed by atoms with Crippen molar-refractivity contribution in [3.05, 3.63) is 46.8 Å². The number of rotatable bonds is 11. The molecule has 0 amide bonds. The highest BCUT2D eigenvalue weighted by Crippen LogP contribution is 2.28. The summed E-state index contributed by atoms with van der Waals surface area (Å²) >= 11 is 0. The van der Waals surface area contributed by atoms with Gasteiger partial charge in [0.1, 0.15) is 0 Å². The Morgan fingerprint density at radius 1 is 1.17 bits per heavy atom. The number of nitrogens with two attached hydrogens (primary N) is 1. The molecule has 3 N–H and O–H groups in total. The normalized spacial score (nSPS) is 13.2. The van der Waals surface area contributed by atoms with Crippen molar-refractivity contribution in [2.24, 2.45) is 12.8 Å². The van der Waals surface area contributed by atoms with Crippen LogP contribution in [0.3, 0.4) is 0 Å². The number of hydrogen-bond acceptors (Lipinski definition) is 5. The lowest BCUT2D eigenvalue weighted by atomic mass is 9.96. The van der Waals surface area contributed by atoms with Gasteiger partial charge in [-0.05, 0) is 68.9 Å². The molecule has 6 nitrogen and oxygen atoms in total. The van der Waals surface area contributed by atoms with Crippen LogP contribution in [-0.2, 0) is 19.9 Å². The van der Waals surface area contributed by atoms with E-state index in [9.17, 15) is 9.90 Å². The zero-order chi connectivity index (χ0) is 21.6. The zero-order valence-corrected chi connectivity index (χ0v) is 18.2. The number of carbonyl (C=O) groups excluding carboxylic acids is 1. The maximum absolute atomic E-state index is 12.8. The lowest BCUT2D eigenvalue weighted by molar-refractivity contribution is 0.0972. The number of benzene rings is 1. The molecular weight excluding hydrogens is 368 g/mol. The molecule has 0 unspecified atom stereocenters. The third kappa shape index (κ3) is 5.84. The van der Waals surface area contributed by atoms with E-state index in [1.165, 1.54) is 0 Å². The first-order valence-corrected chi connectivity index (χ1v) is 10.0. The number of nitrogens with zero attached hydrogens (tertiary/aromatic N) is 1. The van der Waals surface area contributed by atoms with Gasteiger partial charge in [-0.1, -0.05) is 6.07 Å². The van der Waals surface area contributed by atoms with Crippen LogP contribution in [0.25, 0.3) is 0 Å². The smallest absolute Gasteiger partial charge is 0.179 e. The molecular formula is C23H34N2O4. The summed E-state index contributed by atoms with van der Waals surface area (Å²) in [5.41, 5.74) is 9.47. The maximum Gasteiger partial charge on any atom is 0.179 e. The molecule has 0 spiro atoms. The van der Waals surface area contributed by atoms with E-state index in [2.05, 4.69) is 0 Å². The van der Waals surface area contributed by atoms with Crippen LogP contribution in [-0.4, -0.2) is 41.8 Å². The Morgan fingerprint density at radius 3 is 2.48 bits per heavy atom. The van der Waals surface area contributed by atoms with E-state index in [-0.39, 0.29) is 12.4 Å². The first-order valence-electron chi connectivity index (χ1n) is 10.0. The Balaban J connectivity index is 1.98. The monoisotopic (exact) mass is 402 g/mol. The maximum atomic E-state index is 12.8. The molecule has 1 aromatic carbocycles. The molecule has 0 radical (unpaired) electrons. The van der Waals surface area contributed by atoms with Crippen LogP contribution in [0, 0.1) is 6.92 Å². The summed E-state index contributed by atoms with van der Waals surface area (Å²) < 4.78 is 12.6. The van der Waals surface area contributed by atoms with Crippen LogP contribution < -0.4 is 15.2 Å². The highest BCUT2D eigenvalue weighted by Gasteiger charge is 2.20. The van der Waals surface area contributed by atoms with Gasteiger partial charge in [0.2, 0.25) is 0 Å².